The Morgan fingerprint density at radius 1 is 0.373 bits per heavy atom. The zero-order valence-corrected chi connectivity index (χ0v) is 26.9. The molecule has 11 aromatic rings. The number of para-hydroxylation sites is 6. The summed E-state index contributed by atoms with van der Waals surface area (Å²) in [6.45, 7) is 0. The summed E-state index contributed by atoms with van der Waals surface area (Å²) in [5.41, 5.74) is 6.39. The molecule has 0 aliphatic heterocycles. The number of fused-ring (bicyclic) bond motifs is 8. The van der Waals surface area contributed by atoms with E-state index in [0.717, 1.165) is 60.6 Å². The third-order valence-electron chi connectivity index (χ3n) is 10.4. The van der Waals surface area contributed by atoms with Gasteiger partial charge in [-0.2, -0.15) is 0 Å². The van der Waals surface area contributed by atoms with Crippen LogP contribution in [-0.4, -0.2) is 18.5 Å². The number of imidazole rings is 1. The second-order valence-electron chi connectivity index (χ2n) is 13.0. The predicted molar refractivity (Wildman–Crippen MR) is 206 cm³/mol. The standard InChI is InChI=1S/C44H24N4O3/c49-41-25-11-1-6-16-32(25)46(33-17-7-2-12-26(33)41)37-23-21-29-39-30(44(51)48-36-20-10-5-15-31(36)45-43(29)48)22-24-38(40(37)39)47-34-18-8-3-13-27(34)42(50)28-14-4-9-19-35(28)47/h1-24H. The monoisotopic (exact) mass is 656 g/mol. The first kappa shape index (κ1) is 27.8. The molecule has 0 fully saturated rings. The van der Waals surface area contributed by atoms with Crippen LogP contribution in [0.3, 0.4) is 0 Å². The van der Waals surface area contributed by atoms with E-state index in [1.807, 2.05) is 140 Å². The summed E-state index contributed by atoms with van der Waals surface area (Å²) in [5, 5.41) is 5.30. The van der Waals surface area contributed by atoms with Gasteiger partial charge in [0.05, 0.1) is 44.5 Å². The van der Waals surface area contributed by atoms with E-state index in [4.69, 9.17) is 4.98 Å². The normalized spacial score (nSPS) is 12.2. The maximum Gasteiger partial charge on any atom is 0.264 e. The number of hydrogen-bond donors (Lipinski definition) is 0. The third-order valence-corrected chi connectivity index (χ3v) is 10.4. The van der Waals surface area contributed by atoms with Crippen LogP contribution in [0.1, 0.15) is 0 Å². The molecule has 0 aliphatic rings. The van der Waals surface area contributed by atoms with Crippen molar-refractivity contribution in [3.8, 4) is 11.4 Å². The molecule has 0 unspecified atom stereocenters. The Bertz CT molecular complexity index is 3240. The number of hydrogen-bond acceptors (Lipinski definition) is 4. The molecule has 11 rings (SSSR count). The molecule has 0 amide bonds. The first-order valence-corrected chi connectivity index (χ1v) is 16.8. The molecular weight excluding hydrogens is 633 g/mol. The van der Waals surface area contributed by atoms with Crippen molar-refractivity contribution in [3.63, 3.8) is 0 Å². The largest absolute Gasteiger partial charge is 0.308 e. The fourth-order valence-corrected chi connectivity index (χ4v) is 8.24. The van der Waals surface area contributed by atoms with Crippen LogP contribution in [0.25, 0.3) is 93.2 Å². The van der Waals surface area contributed by atoms with Crippen LogP contribution >= 0.6 is 0 Å². The number of pyridine rings is 3. The van der Waals surface area contributed by atoms with Gasteiger partial charge >= 0.3 is 0 Å². The van der Waals surface area contributed by atoms with E-state index in [2.05, 4.69) is 15.2 Å². The van der Waals surface area contributed by atoms with E-state index in [-0.39, 0.29) is 16.4 Å². The maximum atomic E-state index is 14.6. The van der Waals surface area contributed by atoms with Gasteiger partial charge in [-0.25, -0.2) is 4.98 Å². The van der Waals surface area contributed by atoms with Crippen molar-refractivity contribution in [2.75, 3.05) is 0 Å². The number of aromatic nitrogens is 4. The van der Waals surface area contributed by atoms with Crippen molar-refractivity contribution >= 4 is 81.8 Å². The summed E-state index contributed by atoms with van der Waals surface area (Å²) in [6.07, 6.45) is 0. The molecule has 7 heteroatoms. The van der Waals surface area contributed by atoms with Gasteiger partial charge in [0.15, 0.2) is 10.9 Å². The molecule has 0 N–H and O–H groups in total. The lowest BCUT2D eigenvalue weighted by molar-refractivity contribution is 1.14. The van der Waals surface area contributed by atoms with E-state index in [0.29, 0.717) is 32.6 Å². The molecule has 0 saturated heterocycles. The molecule has 7 nitrogen and oxygen atoms in total. The van der Waals surface area contributed by atoms with Crippen molar-refractivity contribution in [1.29, 1.82) is 0 Å². The highest BCUT2D eigenvalue weighted by molar-refractivity contribution is 6.21. The fourth-order valence-electron chi connectivity index (χ4n) is 8.24. The number of rotatable bonds is 2. The molecule has 51 heavy (non-hydrogen) atoms. The van der Waals surface area contributed by atoms with E-state index in [1.54, 1.807) is 4.40 Å². The minimum atomic E-state index is -0.163. The van der Waals surface area contributed by atoms with Crippen LogP contribution in [0.4, 0.5) is 0 Å². The second kappa shape index (κ2) is 9.96. The maximum absolute atomic E-state index is 14.6. The van der Waals surface area contributed by atoms with Crippen LogP contribution in [0.5, 0.6) is 0 Å². The van der Waals surface area contributed by atoms with Gasteiger partial charge in [-0.3, -0.25) is 18.8 Å². The molecule has 4 aromatic heterocycles. The highest BCUT2D eigenvalue weighted by Crippen LogP contribution is 2.40. The van der Waals surface area contributed by atoms with Gasteiger partial charge in [-0.1, -0.05) is 60.7 Å². The molecule has 238 valence electrons. The van der Waals surface area contributed by atoms with Gasteiger partial charge in [0.1, 0.15) is 5.65 Å². The summed E-state index contributed by atoms with van der Waals surface area (Å²) in [6, 6.07) is 46.3. The van der Waals surface area contributed by atoms with Crippen molar-refractivity contribution in [2.24, 2.45) is 0 Å². The van der Waals surface area contributed by atoms with Crippen molar-refractivity contribution < 1.29 is 0 Å². The van der Waals surface area contributed by atoms with Gasteiger partial charge in [0.2, 0.25) is 0 Å². The lowest BCUT2D eigenvalue weighted by atomic mass is 9.97. The summed E-state index contributed by atoms with van der Waals surface area (Å²) in [4.78, 5) is 47.4. The van der Waals surface area contributed by atoms with Crippen LogP contribution in [0, 0.1) is 0 Å². The Kier molecular flexibility index (Phi) is 5.43. The highest BCUT2D eigenvalue weighted by atomic mass is 16.1. The van der Waals surface area contributed by atoms with Gasteiger partial charge in [-0.15, -0.1) is 0 Å². The Morgan fingerprint density at radius 2 is 0.784 bits per heavy atom. The Labute approximate surface area is 287 Å². The second-order valence-corrected chi connectivity index (χ2v) is 13.0. The van der Waals surface area contributed by atoms with Crippen LogP contribution in [-0.2, 0) is 0 Å². The van der Waals surface area contributed by atoms with Gasteiger partial charge in [0.25, 0.3) is 5.56 Å². The van der Waals surface area contributed by atoms with Gasteiger partial charge in [0, 0.05) is 43.1 Å². The predicted octanol–water partition coefficient (Wildman–Crippen LogP) is 8.51. The molecule has 4 heterocycles. The summed E-state index contributed by atoms with van der Waals surface area (Å²) < 4.78 is 5.97. The molecule has 0 bridgehead atoms. The molecule has 0 saturated carbocycles. The molecular formula is C44H24N4O3. The first-order valence-electron chi connectivity index (χ1n) is 16.8. The summed E-state index contributed by atoms with van der Waals surface area (Å²) >= 11 is 0. The minimum Gasteiger partial charge on any atom is -0.308 e. The van der Waals surface area contributed by atoms with E-state index < -0.39 is 0 Å². The average Bonchev–Trinajstić information content (AvgIpc) is 3.58. The van der Waals surface area contributed by atoms with Gasteiger partial charge < -0.3 is 9.13 Å². The minimum absolute atomic E-state index is 0.0401. The molecule has 0 aliphatic carbocycles. The van der Waals surface area contributed by atoms with Crippen LogP contribution < -0.4 is 16.4 Å². The Hall–Kier alpha value is -7.12. The number of benzene rings is 7. The highest BCUT2D eigenvalue weighted by Gasteiger charge is 2.24. The van der Waals surface area contributed by atoms with E-state index >= 15 is 0 Å². The smallest absolute Gasteiger partial charge is 0.264 e. The molecule has 0 radical (unpaired) electrons. The fraction of sp³-hybridized carbons (Fsp3) is 0. The Morgan fingerprint density at radius 3 is 1.27 bits per heavy atom. The van der Waals surface area contributed by atoms with E-state index in [1.165, 1.54) is 0 Å². The third kappa shape index (κ3) is 3.56. The topological polar surface area (TPSA) is 78.4 Å². The number of nitrogens with zero attached hydrogens (tertiary/aromatic N) is 4. The Balaban J connectivity index is 1.45. The quantitative estimate of drug-likeness (QED) is 0.175. The zero-order valence-electron chi connectivity index (χ0n) is 26.9. The van der Waals surface area contributed by atoms with Crippen molar-refractivity contribution in [1.82, 2.24) is 18.5 Å². The molecule has 0 atom stereocenters. The average molecular weight is 657 g/mol. The van der Waals surface area contributed by atoms with Crippen LogP contribution in [0.15, 0.2) is 160 Å². The van der Waals surface area contributed by atoms with Crippen molar-refractivity contribution in [2.45, 2.75) is 0 Å². The molecule has 0 spiro atoms. The summed E-state index contributed by atoms with van der Waals surface area (Å²) in [5.74, 6) is 0. The van der Waals surface area contributed by atoms with Crippen LogP contribution in [0.2, 0.25) is 0 Å². The first-order chi connectivity index (χ1) is 25.1. The van der Waals surface area contributed by atoms with E-state index in [9.17, 15) is 14.4 Å². The summed E-state index contributed by atoms with van der Waals surface area (Å²) in [7, 11) is 0. The zero-order chi connectivity index (χ0) is 34.0. The van der Waals surface area contributed by atoms with Gasteiger partial charge in [-0.05, 0) is 84.9 Å². The van der Waals surface area contributed by atoms with Crippen molar-refractivity contribution in [3.05, 3.63) is 176 Å². The lowest BCUT2D eigenvalue weighted by Crippen LogP contribution is -2.16. The lowest BCUT2D eigenvalue weighted by Gasteiger charge is -2.23. The SMILES string of the molecule is O=c1c2ccccc2n(-c2ccc3c(=O)n4c5ccccc5nc4c4ccc(-n5c6ccccc6c(=O)c6ccccc65)c2c34)c2ccccc12. The molecule has 7 aromatic carbocycles.